The third-order valence-electron chi connectivity index (χ3n) is 6.77. The second kappa shape index (κ2) is 5.72. The van der Waals surface area contributed by atoms with E-state index < -0.39 is 5.97 Å². The summed E-state index contributed by atoms with van der Waals surface area (Å²) < 4.78 is 5.23. The van der Waals surface area contributed by atoms with Crippen LogP contribution in [0.25, 0.3) is 0 Å². The summed E-state index contributed by atoms with van der Waals surface area (Å²) in [6.45, 7) is 3.57. The smallest absolute Gasteiger partial charge is 0.331 e. The van der Waals surface area contributed by atoms with Crippen molar-refractivity contribution in [3.05, 3.63) is 41.0 Å². The largest absolute Gasteiger partial charge is 0.478 e. The molecule has 1 aromatic rings. The number of carbonyl (C=O) groups excluding carboxylic acids is 1. The molecule has 4 rings (SSSR count). The van der Waals surface area contributed by atoms with Crippen molar-refractivity contribution in [1.82, 2.24) is 0 Å². The minimum Gasteiger partial charge on any atom is -0.478 e. The molecule has 0 aromatic heterocycles. The predicted octanol–water partition coefficient (Wildman–Crippen LogP) is 4.09. The molecule has 0 aliphatic heterocycles. The monoisotopic (exact) mass is 340 g/mol. The standard InChI is InChI=1S/C21H24O4/c1-12(22)25-14-4-6-15-13(11-14)3-5-17-16(15)9-10-21(2)18(17)7-8-19(21)20(23)24/h4,6,8,11,16-18H,3,5,7,9-10H2,1-2H3,(H,23,24). The first-order valence-electron chi connectivity index (χ1n) is 9.15. The van der Waals surface area contributed by atoms with E-state index in [0.29, 0.717) is 29.1 Å². The van der Waals surface area contributed by atoms with Gasteiger partial charge in [-0.15, -0.1) is 0 Å². The van der Waals surface area contributed by atoms with Crippen LogP contribution in [-0.4, -0.2) is 17.0 Å². The van der Waals surface area contributed by atoms with Crippen LogP contribution in [-0.2, 0) is 16.0 Å². The summed E-state index contributed by atoms with van der Waals surface area (Å²) in [5.74, 6) is 1.05. The van der Waals surface area contributed by atoms with E-state index in [0.717, 1.165) is 32.1 Å². The van der Waals surface area contributed by atoms with E-state index in [1.165, 1.54) is 18.1 Å². The van der Waals surface area contributed by atoms with Crippen molar-refractivity contribution in [2.24, 2.45) is 17.3 Å². The quantitative estimate of drug-likeness (QED) is 0.650. The highest BCUT2D eigenvalue weighted by atomic mass is 16.5. The summed E-state index contributed by atoms with van der Waals surface area (Å²) in [5.41, 5.74) is 3.11. The van der Waals surface area contributed by atoms with Crippen LogP contribution in [0.1, 0.15) is 56.6 Å². The summed E-state index contributed by atoms with van der Waals surface area (Å²) in [4.78, 5) is 22.8. The molecule has 4 atom stereocenters. The van der Waals surface area contributed by atoms with E-state index in [2.05, 4.69) is 13.0 Å². The number of fused-ring (bicyclic) bond motifs is 5. The van der Waals surface area contributed by atoms with Crippen LogP contribution < -0.4 is 4.74 Å². The number of benzene rings is 1. The Balaban J connectivity index is 1.63. The molecule has 0 heterocycles. The molecule has 1 aromatic carbocycles. The first-order chi connectivity index (χ1) is 11.9. The normalized spacial score (nSPS) is 32.9. The lowest BCUT2D eigenvalue weighted by Crippen LogP contribution is -2.42. The van der Waals surface area contributed by atoms with Gasteiger partial charge in [-0.25, -0.2) is 4.79 Å². The molecular formula is C21H24O4. The highest BCUT2D eigenvalue weighted by molar-refractivity contribution is 5.89. The zero-order valence-corrected chi connectivity index (χ0v) is 14.7. The van der Waals surface area contributed by atoms with Crippen LogP contribution in [0, 0.1) is 17.3 Å². The molecule has 25 heavy (non-hydrogen) atoms. The van der Waals surface area contributed by atoms with Gasteiger partial charge in [0, 0.05) is 17.9 Å². The van der Waals surface area contributed by atoms with Crippen molar-refractivity contribution in [2.45, 2.75) is 51.9 Å². The number of aliphatic carboxylic acids is 1. The van der Waals surface area contributed by atoms with Crippen LogP contribution in [0.3, 0.4) is 0 Å². The van der Waals surface area contributed by atoms with Crippen molar-refractivity contribution in [3.8, 4) is 5.75 Å². The van der Waals surface area contributed by atoms with E-state index in [1.54, 1.807) is 0 Å². The van der Waals surface area contributed by atoms with Gasteiger partial charge in [-0.2, -0.15) is 0 Å². The van der Waals surface area contributed by atoms with Gasteiger partial charge in [0.25, 0.3) is 0 Å². The lowest BCUT2D eigenvalue weighted by Gasteiger charge is -2.49. The maximum atomic E-state index is 11.6. The lowest BCUT2D eigenvalue weighted by molar-refractivity contribution is -0.135. The van der Waals surface area contributed by atoms with Crippen molar-refractivity contribution >= 4 is 11.9 Å². The Hall–Kier alpha value is -2.10. The third kappa shape index (κ3) is 2.50. The molecule has 1 N–H and O–H groups in total. The van der Waals surface area contributed by atoms with E-state index in [9.17, 15) is 14.7 Å². The number of carboxylic acid groups (broad SMARTS) is 1. The van der Waals surface area contributed by atoms with Crippen molar-refractivity contribution in [3.63, 3.8) is 0 Å². The molecule has 132 valence electrons. The van der Waals surface area contributed by atoms with Crippen LogP contribution in [0.15, 0.2) is 29.8 Å². The van der Waals surface area contributed by atoms with Gasteiger partial charge in [-0.1, -0.05) is 19.1 Å². The molecule has 3 aliphatic rings. The van der Waals surface area contributed by atoms with Gasteiger partial charge in [-0.05, 0) is 73.1 Å². The Morgan fingerprint density at radius 2 is 2.08 bits per heavy atom. The molecule has 0 spiro atoms. The fourth-order valence-electron chi connectivity index (χ4n) is 5.69. The lowest BCUT2D eigenvalue weighted by atomic mass is 9.54. The Kier molecular flexibility index (Phi) is 3.75. The number of hydrogen-bond donors (Lipinski definition) is 1. The second-order valence-corrected chi connectivity index (χ2v) is 7.98. The average Bonchev–Trinajstić information content (AvgIpc) is 2.91. The Bertz CT molecular complexity index is 778. The molecule has 4 unspecified atom stereocenters. The van der Waals surface area contributed by atoms with Crippen LogP contribution >= 0.6 is 0 Å². The van der Waals surface area contributed by atoms with Crippen molar-refractivity contribution in [2.75, 3.05) is 0 Å². The summed E-state index contributed by atoms with van der Waals surface area (Å²) in [7, 11) is 0. The van der Waals surface area contributed by atoms with Gasteiger partial charge >= 0.3 is 11.9 Å². The highest BCUT2D eigenvalue weighted by Gasteiger charge is 2.53. The minimum absolute atomic E-state index is 0.178. The van der Waals surface area contributed by atoms with Gasteiger partial charge in [-0.3, -0.25) is 4.79 Å². The van der Waals surface area contributed by atoms with Gasteiger partial charge < -0.3 is 9.84 Å². The zero-order valence-electron chi connectivity index (χ0n) is 14.7. The summed E-state index contributed by atoms with van der Waals surface area (Å²) in [6.07, 6.45) is 6.88. The molecule has 4 heteroatoms. The van der Waals surface area contributed by atoms with Gasteiger partial charge in [0.05, 0.1) is 0 Å². The molecule has 0 saturated heterocycles. The van der Waals surface area contributed by atoms with Gasteiger partial charge in [0.15, 0.2) is 0 Å². The number of carbonyl (C=O) groups is 2. The third-order valence-corrected chi connectivity index (χ3v) is 6.77. The second-order valence-electron chi connectivity index (χ2n) is 7.98. The molecule has 1 fully saturated rings. The average molecular weight is 340 g/mol. The Labute approximate surface area is 147 Å². The zero-order chi connectivity index (χ0) is 17.8. The SMILES string of the molecule is CC(=O)Oc1ccc2c(c1)CCC1C2CCC2(C)C(C(=O)O)=CCC12. The molecular weight excluding hydrogens is 316 g/mol. The Morgan fingerprint density at radius 3 is 2.80 bits per heavy atom. The minimum atomic E-state index is -0.745. The van der Waals surface area contributed by atoms with Crippen molar-refractivity contribution < 1.29 is 19.4 Å². The fraction of sp³-hybridized carbons (Fsp3) is 0.524. The predicted molar refractivity (Wildman–Crippen MR) is 93.5 cm³/mol. The fourth-order valence-corrected chi connectivity index (χ4v) is 5.69. The number of aryl methyl sites for hydroxylation is 1. The first kappa shape index (κ1) is 16.4. The number of ether oxygens (including phenoxy) is 1. The number of rotatable bonds is 2. The number of esters is 1. The summed E-state index contributed by atoms with van der Waals surface area (Å²) in [6, 6.07) is 6.02. The maximum Gasteiger partial charge on any atom is 0.331 e. The maximum absolute atomic E-state index is 11.6. The van der Waals surface area contributed by atoms with Gasteiger partial charge in [0.2, 0.25) is 0 Å². The summed E-state index contributed by atoms with van der Waals surface area (Å²) in [5, 5.41) is 9.56. The van der Waals surface area contributed by atoms with E-state index in [1.807, 2.05) is 18.2 Å². The molecule has 0 radical (unpaired) electrons. The summed E-state index contributed by atoms with van der Waals surface area (Å²) >= 11 is 0. The molecule has 4 nitrogen and oxygen atoms in total. The Morgan fingerprint density at radius 1 is 1.28 bits per heavy atom. The van der Waals surface area contributed by atoms with Crippen LogP contribution in [0.2, 0.25) is 0 Å². The van der Waals surface area contributed by atoms with Crippen LogP contribution in [0.5, 0.6) is 5.75 Å². The molecule has 1 saturated carbocycles. The van der Waals surface area contributed by atoms with E-state index in [-0.39, 0.29) is 11.4 Å². The van der Waals surface area contributed by atoms with E-state index >= 15 is 0 Å². The van der Waals surface area contributed by atoms with Crippen LogP contribution in [0.4, 0.5) is 0 Å². The van der Waals surface area contributed by atoms with Gasteiger partial charge in [0.1, 0.15) is 5.75 Å². The molecule has 3 aliphatic carbocycles. The topological polar surface area (TPSA) is 63.6 Å². The molecule has 0 amide bonds. The number of allylic oxidation sites excluding steroid dienone is 1. The van der Waals surface area contributed by atoms with Crippen molar-refractivity contribution in [1.29, 1.82) is 0 Å². The highest BCUT2D eigenvalue weighted by Crippen LogP contribution is 2.61. The number of hydrogen-bond acceptors (Lipinski definition) is 3. The number of carboxylic acids is 1. The molecule has 0 bridgehead atoms. The first-order valence-corrected chi connectivity index (χ1v) is 9.15. The van der Waals surface area contributed by atoms with E-state index in [4.69, 9.17) is 4.74 Å².